The highest BCUT2D eigenvalue weighted by Crippen LogP contribution is 2.19. The third-order valence-electron chi connectivity index (χ3n) is 2.91. The van der Waals surface area contributed by atoms with E-state index in [1.54, 1.807) is 11.9 Å². The van der Waals surface area contributed by atoms with Gasteiger partial charge in [0.1, 0.15) is 0 Å². The van der Waals surface area contributed by atoms with E-state index in [9.17, 15) is 9.90 Å². The lowest BCUT2D eigenvalue weighted by Crippen LogP contribution is -2.37. The van der Waals surface area contributed by atoms with Gasteiger partial charge < -0.3 is 10.0 Å². The Hall–Kier alpha value is -1.35. The number of carbonyl (C=O) groups is 1. The molecule has 1 aromatic rings. The number of aliphatic hydroxyl groups is 1. The molecule has 0 saturated carbocycles. The average Bonchev–Trinajstić information content (AvgIpc) is 2.34. The Labute approximate surface area is 109 Å². The molecule has 3 nitrogen and oxygen atoms in total. The van der Waals surface area contributed by atoms with E-state index in [4.69, 9.17) is 0 Å². The number of benzene rings is 1. The van der Waals surface area contributed by atoms with Crippen molar-refractivity contribution in [1.82, 2.24) is 4.90 Å². The van der Waals surface area contributed by atoms with Gasteiger partial charge in [0, 0.05) is 19.0 Å². The molecule has 0 bridgehead atoms. The first-order chi connectivity index (χ1) is 8.32. The standard InChI is InChI=1S/C15H23NO2/c1-15(2,3)14(18)16(4)11-10-13(17)12-8-6-5-7-9-12/h5-9,13,17H,10-11H2,1-4H3. The summed E-state index contributed by atoms with van der Waals surface area (Å²) < 4.78 is 0. The third-order valence-corrected chi connectivity index (χ3v) is 2.91. The Morgan fingerprint density at radius 2 is 1.83 bits per heavy atom. The van der Waals surface area contributed by atoms with Crippen LogP contribution < -0.4 is 0 Å². The Morgan fingerprint density at radius 3 is 2.33 bits per heavy atom. The second-order valence-electron chi connectivity index (χ2n) is 5.69. The maximum absolute atomic E-state index is 12.0. The van der Waals surface area contributed by atoms with Crippen molar-refractivity contribution in [3.63, 3.8) is 0 Å². The lowest BCUT2D eigenvalue weighted by atomic mass is 9.94. The molecule has 0 fully saturated rings. The first kappa shape index (κ1) is 14.7. The highest BCUT2D eigenvalue weighted by Gasteiger charge is 2.25. The monoisotopic (exact) mass is 249 g/mol. The molecule has 100 valence electrons. The fourth-order valence-electron chi connectivity index (χ4n) is 1.83. The minimum Gasteiger partial charge on any atom is -0.388 e. The fourth-order valence-corrected chi connectivity index (χ4v) is 1.83. The molecule has 0 aliphatic carbocycles. The Bertz CT molecular complexity index is 381. The van der Waals surface area contributed by atoms with Crippen molar-refractivity contribution in [3.8, 4) is 0 Å². The van der Waals surface area contributed by atoms with Gasteiger partial charge in [-0.1, -0.05) is 51.1 Å². The van der Waals surface area contributed by atoms with E-state index in [1.165, 1.54) is 0 Å². The highest BCUT2D eigenvalue weighted by atomic mass is 16.3. The molecule has 3 heteroatoms. The predicted molar refractivity (Wildman–Crippen MR) is 73.1 cm³/mol. The van der Waals surface area contributed by atoms with Crippen LogP contribution in [0.3, 0.4) is 0 Å². The topological polar surface area (TPSA) is 40.5 Å². The number of rotatable bonds is 4. The van der Waals surface area contributed by atoms with Crippen LogP contribution in [0.25, 0.3) is 0 Å². The van der Waals surface area contributed by atoms with Gasteiger partial charge in [0.2, 0.25) is 5.91 Å². The second kappa shape index (κ2) is 6.01. The average molecular weight is 249 g/mol. The number of hydrogen-bond acceptors (Lipinski definition) is 2. The SMILES string of the molecule is CN(CCC(O)c1ccccc1)C(=O)C(C)(C)C. The van der Waals surface area contributed by atoms with Crippen LogP contribution in [0.15, 0.2) is 30.3 Å². The van der Waals surface area contributed by atoms with Crippen molar-refractivity contribution < 1.29 is 9.90 Å². The van der Waals surface area contributed by atoms with Gasteiger partial charge in [0.15, 0.2) is 0 Å². The summed E-state index contributed by atoms with van der Waals surface area (Å²) in [7, 11) is 1.78. The molecular formula is C15H23NO2. The van der Waals surface area contributed by atoms with Crippen LogP contribution in [0.1, 0.15) is 38.9 Å². The predicted octanol–water partition coefficient (Wildman–Crippen LogP) is 2.61. The van der Waals surface area contributed by atoms with E-state index in [0.29, 0.717) is 13.0 Å². The number of carbonyl (C=O) groups excluding carboxylic acids is 1. The van der Waals surface area contributed by atoms with Crippen LogP contribution in [0.5, 0.6) is 0 Å². The summed E-state index contributed by atoms with van der Waals surface area (Å²) in [5.74, 6) is 0.0998. The molecule has 0 radical (unpaired) electrons. The summed E-state index contributed by atoms with van der Waals surface area (Å²) in [6, 6.07) is 9.53. The molecule has 0 heterocycles. The van der Waals surface area contributed by atoms with Crippen molar-refractivity contribution in [1.29, 1.82) is 0 Å². The lowest BCUT2D eigenvalue weighted by Gasteiger charge is -2.26. The van der Waals surface area contributed by atoms with Gasteiger partial charge in [-0.15, -0.1) is 0 Å². The molecular weight excluding hydrogens is 226 g/mol. The summed E-state index contributed by atoms with van der Waals surface area (Å²) in [4.78, 5) is 13.6. The number of nitrogens with zero attached hydrogens (tertiary/aromatic N) is 1. The molecule has 0 aliphatic heterocycles. The Balaban J connectivity index is 2.49. The van der Waals surface area contributed by atoms with Gasteiger partial charge in [-0.05, 0) is 12.0 Å². The van der Waals surface area contributed by atoms with Crippen molar-refractivity contribution >= 4 is 5.91 Å². The molecule has 1 atom stereocenters. The molecule has 0 saturated heterocycles. The van der Waals surface area contributed by atoms with Crippen molar-refractivity contribution in [2.45, 2.75) is 33.3 Å². The lowest BCUT2D eigenvalue weighted by molar-refractivity contribution is -0.138. The highest BCUT2D eigenvalue weighted by molar-refractivity contribution is 5.81. The molecule has 1 aromatic carbocycles. The quantitative estimate of drug-likeness (QED) is 0.891. The third kappa shape index (κ3) is 4.15. The van der Waals surface area contributed by atoms with Gasteiger partial charge in [-0.25, -0.2) is 0 Å². The van der Waals surface area contributed by atoms with Gasteiger partial charge >= 0.3 is 0 Å². The molecule has 1 N–H and O–H groups in total. The molecule has 1 unspecified atom stereocenters. The first-order valence-electron chi connectivity index (χ1n) is 6.31. The largest absolute Gasteiger partial charge is 0.388 e. The Kier molecular flexibility index (Phi) is 4.91. The first-order valence-corrected chi connectivity index (χ1v) is 6.31. The van der Waals surface area contributed by atoms with Gasteiger partial charge in [-0.3, -0.25) is 4.79 Å². The number of hydrogen-bond donors (Lipinski definition) is 1. The van der Waals surface area contributed by atoms with E-state index < -0.39 is 6.10 Å². The second-order valence-corrected chi connectivity index (χ2v) is 5.69. The summed E-state index contributed by atoms with van der Waals surface area (Å²) in [6.45, 7) is 6.27. The smallest absolute Gasteiger partial charge is 0.227 e. The van der Waals surface area contributed by atoms with E-state index >= 15 is 0 Å². The number of amides is 1. The summed E-state index contributed by atoms with van der Waals surface area (Å²) in [5.41, 5.74) is 0.529. The maximum Gasteiger partial charge on any atom is 0.227 e. The molecule has 1 amide bonds. The van der Waals surface area contributed by atoms with E-state index in [1.807, 2.05) is 51.1 Å². The minimum atomic E-state index is -0.513. The van der Waals surface area contributed by atoms with Gasteiger partial charge in [0.25, 0.3) is 0 Å². The minimum absolute atomic E-state index is 0.0998. The van der Waals surface area contributed by atoms with E-state index in [-0.39, 0.29) is 11.3 Å². The van der Waals surface area contributed by atoms with Gasteiger partial charge in [-0.2, -0.15) is 0 Å². The Morgan fingerprint density at radius 1 is 1.28 bits per heavy atom. The van der Waals surface area contributed by atoms with Crippen LogP contribution >= 0.6 is 0 Å². The van der Waals surface area contributed by atoms with Crippen LogP contribution in [0.2, 0.25) is 0 Å². The van der Waals surface area contributed by atoms with E-state index in [0.717, 1.165) is 5.56 Å². The zero-order valence-corrected chi connectivity index (χ0v) is 11.7. The zero-order chi connectivity index (χ0) is 13.8. The molecule has 18 heavy (non-hydrogen) atoms. The van der Waals surface area contributed by atoms with Crippen LogP contribution in [-0.2, 0) is 4.79 Å². The van der Waals surface area contributed by atoms with Crippen LogP contribution in [-0.4, -0.2) is 29.5 Å². The summed E-state index contributed by atoms with van der Waals surface area (Å²) in [5, 5.41) is 10.0. The van der Waals surface area contributed by atoms with Crippen LogP contribution in [0, 0.1) is 5.41 Å². The summed E-state index contributed by atoms with van der Waals surface area (Å²) in [6.07, 6.45) is 0.0453. The molecule has 0 spiro atoms. The normalized spacial score (nSPS) is 13.2. The molecule has 0 aliphatic rings. The van der Waals surface area contributed by atoms with Crippen molar-refractivity contribution in [3.05, 3.63) is 35.9 Å². The van der Waals surface area contributed by atoms with Gasteiger partial charge in [0.05, 0.1) is 6.10 Å². The zero-order valence-electron chi connectivity index (χ0n) is 11.7. The molecule has 1 rings (SSSR count). The van der Waals surface area contributed by atoms with Crippen molar-refractivity contribution in [2.75, 3.05) is 13.6 Å². The fraction of sp³-hybridized carbons (Fsp3) is 0.533. The number of aliphatic hydroxyl groups excluding tert-OH is 1. The van der Waals surface area contributed by atoms with Crippen molar-refractivity contribution in [2.24, 2.45) is 5.41 Å². The van der Waals surface area contributed by atoms with E-state index in [2.05, 4.69) is 0 Å². The molecule has 0 aromatic heterocycles. The summed E-state index contributed by atoms with van der Waals surface area (Å²) >= 11 is 0. The maximum atomic E-state index is 12.0. The van der Waals surface area contributed by atoms with Crippen LogP contribution in [0.4, 0.5) is 0 Å².